The van der Waals surface area contributed by atoms with Gasteiger partial charge in [-0.1, -0.05) is 48.0 Å². The molecule has 1 saturated heterocycles. The van der Waals surface area contributed by atoms with Crippen LogP contribution in [0.4, 0.5) is 0 Å². The van der Waals surface area contributed by atoms with E-state index in [2.05, 4.69) is 57.1 Å². The summed E-state index contributed by atoms with van der Waals surface area (Å²) < 4.78 is 11.4. The maximum absolute atomic E-state index is 6.16. The number of aryl methyl sites for hydroxylation is 3. The summed E-state index contributed by atoms with van der Waals surface area (Å²) >= 11 is 0. The molecule has 4 nitrogen and oxygen atoms in total. The molecule has 0 bridgehead atoms. The van der Waals surface area contributed by atoms with Crippen LogP contribution in [0.2, 0.25) is 0 Å². The van der Waals surface area contributed by atoms with E-state index in [0.29, 0.717) is 12.5 Å². The Kier molecular flexibility index (Phi) is 4.70. The number of hydrogen-bond donors (Lipinski definition) is 0. The summed E-state index contributed by atoms with van der Waals surface area (Å²) in [4.78, 5) is 5.67. The minimum absolute atomic E-state index is 0.152. The third-order valence-corrected chi connectivity index (χ3v) is 6.56. The maximum Gasteiger partial charge on any atom is 0.153 e. The summed E-state index contributed by atoms with van der Waals surface area (Å²) in [7, 11) is 0. The summed E-state index contributed by atoms with van der Waals surface area (Å²) in [5.74, 6) is 1.13. The second-order valence-electron chi connectivity index (χ2n) is 9.32. The maximum atomic E-state index is 6.16. The quantitative estimate of drug-likeness (QED) is 0.295. The highest BCUT2D eigenvalue weighted by molar-refractivity contribution is 6.03. The molecule has 2 heterocycles. The Morgan fingerprint density at radius 3 is 2.47 bits per heavy atom. The number of ether oxygens (including phenoxy) is 1. The van der Waals surface area contributed by atoms with E-state index in [1.807, 2.05) is 18.2 Å². The van der Waals surface area contributed by atoms with E-state index >= 15 is 0 Å². The van der Waals surface area contributed by atoms with E-state index in [1.54, 1.807) is 0 Å². The third kappa shape index (κ3) is 3.54. The number of rotatable bonds is 6. The van der Waals surface area contributed by atoms with Gasteiger partial charge < -0.3 is 14.0 Å². The molecule has 2 aromatic carbocycles. The van der Waals surface area contributed by atoms with Crippen molar-refractivity contribution in [2.24, 2.45) is 11.1 Å². The standard InChI is InChI=1S/C26H29NO3/c1-16-9-17(2)24(18(3)10-16)26(4)12-20(13-26)25(27-29-15-21-14-28-21)23-11-19-7-5-6-8-22(19)30-23/h5-11,20-21H,12-15H2,1-4H3. The Hall–Kier alpha value is -2.59. The zero-order valence-electron chi connectivity index (χ0n) is 18.2. The van der Waals surface area contributed by atoms with Gasteiger partial charge in [0, 0.05) is 11.3 Å². The lowest BCUT2D eigenvalue weighted by molar-refractivity contribution is 0.119. The second kappa shape index (κ2) is 7.28. The number of para-hydroxylation sites is 1. The van der Waals surface area contributed by atoms with Gasteiger partial charge in [0.15, 0.2) is 5.76 Å². The normalized spacial score (nSPS) is 25.9. The fourth-order valence-corrected chi connectivity index (χ4v) is 5.34. The minimum atomic E-state index is 0.152. The van der Waals surface area contributed by atoms with Gasteiger partial charge in [0.2, 0.25) is 0 Å². The number of furan rings is 1. The molecule has 1 aromatic heterocycles. The van der Waals surface area contributed by atoms with Crippen LogP contribution in [-0.2, 0) is 15.0 Å². The van der Waals surface area contributed by atoms with Gasteiger partial charge in [-0.25, -0.2) is 0 Å². The number of nitrogens with zero attached hydrogens (tertiary/aromatic N) is 1. The van der Waals surface area contributed by atoms with Gasteiger partial charge >= 0.3 is 0 Å². The van der Waals surface area contributed by atoms with Crippen LogP contribution in [0, 0.1) is 26.7 Å². The van der Waals surface area contributed by atoms with Crippen molar-refractivity contribution in [2.75, 3.05) is 13.2 Å². The monoisotopic (exact) mass is 403 g/mol. The molecule has 156 valence electrons. The van der Waals surface area contributed by atoms with Crippen molar-refractivity contribution in [3.8, 4) is 0 Å². The van der Waals surface area contributed by atoms with Crippen molar-refractivity contribution in [1.82, 2.24) is 0 Å². The summed E-state index contributed by atoms with van der Waals surface area (Å²) in [6, 6.07) is 14.8. The van der Waals surface area contributed by atoms with Gasteiger partial charge in [-0.3, -0.25) is 0 Å². The third-order valence-electron chi connectivity index (χ3n) is 6.56. The van der Waals surface area contributed by atoms with Crippen molar-refractivity contribution in [3.63, 3.8) is 0 Å². The second-order valence-corrected chi connectivity index (χ2v) is 9.32. The van der Waals surface area contributed by atoms with Crippen LogP contribution in [0.15, 0.2) is 52.0 Å². The van der Waals surface area contributed by atoms with E-state index in [-0.39, 0.29) is 11.5 Å². The first-order valence-electron chi connectivity index (χ1n) is 10.8. The highest BCUT2D eigenvalue weighted by atomic mass is 16.7. The molecule has 1 atom stereocenters. The highest BCUT2D eigenvalue weighted by Gasteiger charge is 2.46. The molecule has 30 heavy (non-hydrogen) atoms. The lowest BCUT2D eigenvalue weighted by atomic mass is 9.57. The van der Waals surface area contributed by atoms with E-state index in [1.165, 1.54) is 22.3 Å². The van der Waals surface area contributed by atoms with Crippen LogP contribution in [-0.4, -0.2) is 25.0 Å². The Morgan fingerprint density at radius 2 is 1.80 bits per heavy atom. The number of benzene rings is 2. The fourth-order valence-electron chi connectivity index (χ4n) is 5.34. The average Bonchev–Trinajstić information content (AvgIpc) is 3.38. The molecule has 0 spiro atoms. The zero-order valence-corrected chi connectivity index (χ0v) is 18.2. The fraction of sp³-hybridized carbons (Fsp3) is 0.423. The number of epoxide rings is 1. The molecule has 1 unspecified atom stereocenters. The van der Waals surface area contributed by atoms with Crippen LogP contribution in [0.5, 0.6) is 0 Å². The molecular formula is C26H29NO3. The van der Waals surface area contributed by atoms with Gasteiger partial charge in [-0.05, 0) is 67.9 Å². The first-order valence-corrected chi connectivity index (χ1v) is 10.8. The number of hydrogen-bond acceptors (Lipinski definition) is 4. The molecule has 5 rings (SSSR count). The smallest absolute Gasteiger partial charge is 0.153 e. The minimum Gasteiger partial charge on any atom is -0.455 e. The zero-order chi connectivity index (χ0) is 20.9. The van der Waals surface area contributed by atoms with E-state index in [9.17, 15) is 0 Å². The van der Waals surface area contributed by atoms with E-state index < -0.39 is 0 Å². The molecule has 0 radical (unpaired) electrons. The predicted molar refractivity (Wildman–Crippen MR) is 119 cm³/mol. The molecular weight excluding hydrogens is 374 g/mol. The first-order chi connectivity index (χ1) is 14.4. The van der Waals surface area contributed by atoms with Crippen LogP contribution in [0.25, 0.3) is 11.0 Å². The largest absolute Gasteiger partial charge is 0.455 e. The van der Waals surface area contributed by atoms with Gasteiger partial charge in [-0.15, -0.1) is 0 Å². The van der Waals surface area contributed by atoms with Crippen molar-refractivity contribution in [2.45, 2.75) is 52.1 Å². The van der Waals surface area contributed by atoms with Crippen molar-refractivity contribution in [3.05, 3.63) is 70.5 Å². The summed E-state index contributed by atoms with van der Waals surface area (Å²) in [6.07, 6.45) is 2.27. The molecule has 1 aliphatic carbocycles. The number of oxime groups is 1. The Balaban J connectivity index is 1.43. The molecule has 0 N–H and O–H groups in total. The molecule has 0 amide bonds. The predicted octanol–water partition coefficient (Wildman–Crippen LogP) is 5.85. The van der Waals surface area contributed by atoms with Gasteiger partial charge in [0.25, 0.3) is 0 Å². The average molecular weight is 404 g/mol. The molecule has 2 aliphatic rings. The van der Waals surface area contributed by atoms with Crippen LogP contribution in [0.3, 0.4) is 0 Å². The Labute approximate surface area is 177 Å². The first kappa shape index (κ1) is 19.4. The van der Waals surface area contributed by atoms with Crippen LogP contribution >= 0.6 is 0 Å². The van der Waals surface area contributed by atoms with Gasteiger partial charge in [0.05, 0.1) is 6.61 Å². The van der Waals surface area contributed by atoms with Crippen molar-refractivity contribution >= 4 is 16.7 Å². The van der Waals surface area contributed by atoms with Crippen molar-refractivity contribution in [1.29, 1.82) is 0 Å². The summed E-state index contributed by atoms with van der Waals surface area (Å²) in [5.41, 5.74) is 7.55. The molecule has 3 aromatic rings. The SMILES string of the molecule is Cc1cc(C)c(C2(C)CC(C(=NOCC3CO3)c3cc4ccccc4o3)C2)c(C)c1. The van der Waals surface area contributed by atoms with Gasteiger partial charge in [-0.2, -0.15) is 0 Å². The highest BCUT2D eigenvalue weighted by Crippen LogP contribution is 2.51. The summed E-state index contributed by atoms with van der Waals surface area (Å²) in [6.45, 7) is 10.3. The number of fused-ring (bicyclic) bond motifs is 1. The molecule has 1 saturated carbocycles. The van der Waals surface area contributed by atoms with E-state index in [4.69, 9.17) is 14.0 Å². The topological polar surface area (TPSA) is 47.3 Å². The Bertz CT molecular complexity index is 1060. The Morgan fingerprint density at radius 1 is 1.10 bits per heavy atom. The lowest BCUT2D eigenvalue weighted by Gasteiger charge is -2.47. The van der Waals surface area contributed by atoms with Crippen LogP contribution < -0.4 is 0 Å². The summed E-state index contributed by atoms with van der Waals surface area (Å²) in [5, 5.41) is 5.65. The van der Waals surface area contributed by atoms with Gasteiger partial charge in [0.1, 0.15) is 24.0 Å². The molecule has 2 fully saturated rings. The molecule has 4 heteroatoms. The lowest BCUT2D eigenvalue weighted by Crippen LogP contribution is -2.43. The van der Waals surface area contributed by atoms with Crippen LogP contribution in [0.1, 0.15) is 47.8 Å². The van der Waals surface area contributed by atoms with Crippen molar-refractivity contribution < 1.29 is 14.0 Å². The van der Waals surface area contributed by atoms with E-state index in [0.717, 1.165) is 41.9 Å². The molecule has 1 aliphatic heterocycles.